The number of halogens is 3. The van der Waals surface area contributed by atoms with Gasteiger partial charge in [0.05, 0.1) is 0 Å². The van der Waals surface area contributed by atoms with Gasteiger partial charge in [0.2, 0.25) is 23.6 Å². The van der Waals surface area contributed by atoms with Crippen LogP contribution in [0.1, 0.15) is 29.5 Å². The number of carboxylic acids is 1. The van der Waals surface area contributed by atoms with Gasteiger partial charge in [-0.25, -0.2) is 4.79 Å². The highest BCUT2D eigenvalue weighted by Crippen LogP contribution is 2.19. The normalized spacial score (nSPS) is 12.4. The number of nitrogens with two attached hydrogens (primary N) is 3. The van der Waals surface area contributed by atoms with Crippen LogP contribution in [0.5, 0.6) is 0 Å². The number of aliphatic carboxylic acids is 1. The van der Waals surface area contributed by atoms with E-state index in [4.69, 9.17) is 37.9 Å². The summed E-state index contributed by atoms with van der Waals surface area (Å²) in [6, 6.07) is 22.3. The van der Waals surface area contributed by atoms with E-state index in [1.54, 1.807) is 66.7 Å². The number of amidine groups is 1. The molecular weight excluding hydrogens is 699 g/mol. The average Bonchev–Trinajstić information content (AvgIpc) is 3.10. The van der Waals surface area contributed by atoms with Crippen molar-refractivity contribution in [2.75, 3.05) is 18.9 Å². The lowest BCUT2D eigenvalue weighted by Gasteiger charge is -2.31. The number of para-hydroxylation sites is 1. The Morgan fingerprint density at radius 1 is 0.811 bits per heavy atom. The van der Waals surface area contributed by atoms with Gasteiger partial charge in [-0.3, -0.25) is 30.0 Å². The Balaban J connectivity index is 0.00000126. The number of amides is 4. The lowest BCUT2D eigenvalue weighted by molar-refractivity contribution is -0.192. The van der Waals surface area contributed by atoms with Gasteiger partial charge in [-0.15, -0.1) is 0 Å². The van der Waals surface area contributed by atoms with Crippen molar-refractivity contribution in [2.24, 2.45) is 23.1 Å². The van der Waals surface area contributed by atoms with Crippen molar-refractivity contribution in [3.05, 3.63) is 102 Å². The summed E-state index contributed by atoms with van der Waals surface area (Å²) in [7, 11) is 1.45. The van der Waals surface area contributed by atoms with Crippen LogP contribution in [0.15, 0.2) is 84.9 Å². The molecule has 18 heteroatoms. The number of rotatable bonds is 16. The molecule has 3 rings (SSSR count). The Morgan fingerprint density at radius 3 is 1.83 bits per heavy atom. The molecular formula is C35H42F3N9O6. The Morgan fingerprint density at radius 2 is 1.34 bits per heavy atom. The molecule has 0 radical (unpaired) electrons. The topological polar surface area (TPSA) is 271 Å². The second-order valence-corrected chi connectivity index (χ2v) is 11.6. The van der Waals surface area contributed by atoms with Crippen molar-refractivity contribution in [3.8, 4) is 0 Å². The molecule has 0 saturated carbocycles. The monoisotopic (exact) mass is 741 g/mol. The van der Waals surface area contributed by atoms with Gasteiger partial charge in [-0.1, -0.05) is 72.8 Å². The first-order valence-electron chi connectivity index (χ1n) is 16.0. The zero-order chi connectivity index (χ0) is 39.7. The SMILES string of the molecule is CN(C(=O)C(Cc1ccc(C(=N)N)cc1)C(=O)Nc1ccccc1)[C@@H](Cc1ccccc1)C(=O)N[C@@H](CCCNC(=N)N)C(N)=O.O=C(O)C(F)(F)F. The molecule has 3 aromatic rings. The Bertz CT molecular complexity index is 1730. The number of guanidine groups is 1. The zero-order valence-corrected chi connectivity index (χ0v) is 28.7. The molecule has 3 aromatic carbocycles. The van der Waals surface area contributed by atoms with Crippen molar-refractivity contribution >= 4 is 47.1 Å². The van der Waals surface area contributed by atoms with Crippen LogP contribution in [0.3, 0.4) is 0 Å². The number of hydrogen-bond acceptors (Lipinski definition) is 7. The molecule has 0 spiro atoms. The first-order valence-corrected chi connectivity index (χ1v) is 16.0. The molecule has 3 atom stereocenters. The van der Waals surface area contributed by atoms with E-state index in [0.717, 1.165) is 5.56 Å². The number of carbonyl (C=O) groups is 5. The zero-order valence-electron chi connectivity index (χ0n) is 28.7. The standard InChI is InChI=1S/C33H41N9O4.C2HF3O2/c1-42(27(20-21-9-4-2-5-10-21)31(45)41-26(29(36)43)13-8-18-39-33(37)38)32(46)25(30(44)40-24-11-6-3-7-12-24)19-22-14-16-23(17-15-22)28(34)35;3-2(4,5)1(6)7/h2-7,9-12,14-17,25-27H,8,13,18-20H2,1H3,(H3,34,35)(H2,36,43)(H,40,44)(H,41,45)(H4,37,38,39);(H,6,7)/t25?,26-,27-;/m0./s1. The van der Waals surface area contributed by atoms with Crippen LogP contribution in [-0.4, -0.2) is 83.3 Å². The van der Waals surface area contributed by atoms with Crippen LogP contribution in [0.4, 0.5) is 18.9 Å². The maximum Gasteiger partial charge on any atom is 0.490 e. The smallest absolute Gasteiger partial charge is 0.475 e. The number of primary amides is 1. The summed E-state index contributed by atoms with van der Waals surface area (Å²) in [6.45, 7) is 0.298. The molecule has 0 aliphatic rings. The van der Waals surface area contributed by atoms with Gasteiger partial charge in [0.25, 0.3) is 0 Å². The van der Waals surface area contributed by atoms with Gasteiger partial charge >= 0.3 is 12.1 Å². The predicted molar refractivity (Wildman–Crippen MR) is 190 cm³/mol. The molecule has 12 N–H and O–H groups in total. The Hall–Kier alpha value is -6.46. The predicted octanol–water partition coefficient (Wildman–Crippen LogP) is 1.70. The lowest BCUT2D eigenvalue weighted by atomic mass is 9.94. The van der Waals surface area contributed by atoms with E-state index in [1.807, 2.05) is 18.2 Å². The van der Waals surface area contributed by atoms with Gasteiger partial charge in [0, 0.05) is 31.3 Å². The van der Waals surface area contributed by atoms with E-state index >= 15 is 0 Å². The van der Waals surface area contributed by atoms with Crippen LogP contribution >= 0.6 is 0 Å². The van der Waals surface area contributed by atoms with E-state index in [0.29, 0.717) is 29.8 Å². The highest BCUT2D eigenvalue weighted by Gasteiger charge is 2.38. The van der Waals surface area contributed by atoms with Crippen molar-refractivity contribution < 1.29 is 42.3 Å². The molecule has 0 saturated heterocycles. The molecule has 0 fully saturated rings. The molecule has 1 unspecified atom stereocenters. The van der Waals surface area contributed by atoms with Gasteiger partial charge in [-0.05, 0) is 42.5 Å². The van der Waals surface area contributed by atoms with Crippen molar-refractivity contribution in [1.29, 1.82) is 10.8 Å². The lowest BCUT2D eigenvalue weighted by Crippen LogP contribution is -2.56. The molecule has 0 aliphatic carbocycles. The van der Waals surface area contributed by atoms with E-state index in [-0.39, 0.29) is 31.1 Å². The summed E-state index contributed by atoms with van der Waals surface area (Å²) in [5.74, 6) is -6.86. The fourth-order valence-corrected chi connectivity index (χ4v) is 4.82. The number of carboxylic acid groups (broad SMARTS) is 1. The Labute approximate surface area is 303 Å². The second-order valence-electron chi connectivity index (χ2n) is 11.6. The van der Waals surface area contributed by atoms with E-state index in [1.165, 1.54) is 11.9 Å². The number of nitrogens with zero attached hydrogens (tertiary/aromatic N) is 1. The molecule has 0 aliphatic heterocycles. The number of likely N-dealkylation sites (N-methyl/N-ethyl adjacent to an activating group) is 1. The molecule has 0 heterocycles. The third-order valence-corrected chi connectivity index (χ3v) is 7.64. The minimum atomic E-state index is -5.08. The van der Waals surface area contributed by atoms with Crippen molar-refractivity contribution in [1.82, 2.24) is 15.5 Å². The highest BCUT2D eigenvalue weighted by molar-refractivity contribution is 6.07. The summed E-state index contributed by atoms with van der Waals surface area (Å²) in [4.78, 5) is 64.0. The number of nitrogen functional groups attached to an aromatic ring is 1. The maximum atomic E-state index is 14.2. The molecule has 284 valence electrons. The number of anilines is 1. The van der Waals surface area contributed by atoms with E-state index in [2.05, 4.69) is 16.0 Å². The third kappa shape index (κ3) is 14.7. The van der Waals surface area contributed by atoms with Crippen LogP contribution in [0.2, 0.25) is 0 Å². The number of carbonyl (C=O) groups excluding carboxylic acids is 4. The van der Waals surface area contributed by atoms with Crippen LogP contribution in [0.25, 0.3) is 0 Å². The fraction of sp³-hybridized carbons (Fsp3) is 0.286. The fourth-order valence-electron chi connectivity index (χ4n) is 4.82. The largest absolute Gasteiger partial charge is 0.490 e. The first-order chi connectivity index (χ1) is 24.9. The second kappa shape index (κ2) is 20.4. The van der Waals surface area contributed by atoms with Crippen molar-refractivity contribution in [3.63, 3.8) is 0 Å². The number of hydrogen-bond donors (Lipinski definition) is 9. The average molecular weight is 742 g/mol. The number of nitrogens with one attached hydrogen (secondary N) is 5. The Kier molecular flexibility index (Phi) is 16.4. The van der Waals surface area contributed by atoms with E-state index in [9.17, 15) is 32.3 Å². The van der Waals surface area contributed by atoms with Crippen LogP contribution in [-0.2, 0) is 36.8 Å². The molecule has 0 aromatic heterocycles. The maximum absolute atomic E-state index is 14.2. The van der Waals surface area contributed by atoms with Gasteiger partial charge in [0.1, 0.15) is 23.8 Å². The molecule has 4 amide bonds. The number of benzene rings is 3. The quantitative estimate of drug-likeness (QED) is 0.0447. The highest BCUT2D eigenvalue weighted by atomic mass is 19.4. The summed E-state index contributed by atoms with van der Waals surface area (Å²) in [6.07, 6.45) is -4.41. The molecule has 0 bridgehead atoms. The summed E-state index contributed by atoms with van der Waals surface area (Å²) >= 11 is 0. The minimum absolute atomic E-state index is 0.00671. The molecule has 15 nitrogen and oxygen atoms in total. The molecule has 53 heavy (non-hydrogen) atoms. The minimum Gasteiger partial charge on any atom is -0.475 e. The van der Waals surface area contributed by atoms with Crippen LogP contribution in [0, 0.1) is 16.7 Å². The van der Waals surface area contributed by atoms with Crippen LogP contribution < -0.4 is 33.2 Å². The summed E-state index contributed by atoms with van der Waals surface area (Å²) < 4.78 is 31.7. The van der Waals surface area contributed by atoms with E-state index < -0.39 is 53.8 Å². The number of alkyl halides is 3. The summed E-state index contributed by atoms with van der Waals surface area (Å²) in [5, 5.41) is 30.2. The van der Waals surface area contributed by atoms with Crippen molar-refractivity contribution in [2.45, 2.75) is 43.9 Å². The van der Waals surface area contributed by atoms with Gasteiger partial charge in [0.15, 0.2) is 5.96 Å². The first kappa shape index (κ1) is 42.7. The summed E-state index contributed by atoms with van der Waals surface area (Å²) in [5.41, 5.74) is 18.9. The van der Waals surface area contributed by atoms with Gasteiger partial charge in [-0.2, -0.15) is 13.2 Å². The third-order valence-electron chi connectivity index (χ3n) is 7.64. The van der Waals surface area contributed by atoms with Gasteiger partial charge < -0.3 is 43.2 Å².